The maximum atomic E-state index is 12.4. The molecule has 148 valence electrons. The molecular weight excluding hydrogens is 378 g/mol. The Labute approximate surface area is 165 Å². The van der Waals surface area contributed by atoms with E-state index in [0.717, 1.165) is 40.7 Å². The molecule has 1 aliphatic rings. The second-order valence-electron chi connectivity index (χ2n) is 7.14. The van der Waals surface area contributed by atoms with Gasteiger partial charge in [0.05, 0.1) is 6.10 Å². The summed E-state index contributed by atoms with van der Waals surface area (Å²) in [6.07, 6.45) is 8.14. The number of rotatable bonds is 6. The summed E-state index contributed by atoms with van der Waals surface area (Å²) in [5.74, 6) is 0.750. The zero-order valence-corrected chi connectivity index (χ0v) is 16.4. The van der Waals surface area contributed by atoms with Crippen molar-refractivity contribution in [2.24, 2.45) is 7.05 Å². The van der Waals surface area contributed by atoms with Crippen LogP contribution in [0.1, 0.15) is 31.2 Å². The number of hydrogen-bond donors (Lipinski definition) is 2. The fourth-order valence-corrected chi connectivity index (χ4v) is 4.10. The van der Waals surface area contributed by atoms with Crippen molar-refractivity contribution >= 4 is 22.2 Å². The van der Waals surface area contributed by atoms with E-state index in [9.17, 15) is 13.6 Å². The topological polar surface area (TPSA) is 99.2 Å². The van der Waals surface area contributed by atoms with E-state index < -0.39 is 11.3 Å². The van der Waals surface area contributed by atoms with E-state index in [0.29, 0.717) is 5.52 Å². The first-order valence-corrected chi connectivity index (χ1v) is 10.4. The van der Waals surface area contributed by atoms with Crippen molar-refractivity contribution in [2.75, 3.05) is 0 Å². The first-order valence-electron chi connectivity index (χ1n) is 9.32. The van der Waals surface area contributed by atoms with Gasteiger partial charge in [-0.05, 0) is 49.4 Å². The van der Waals surface area contributed by atoms with Gasteiger partial charge >= 0.3 is 0 Å². The van der Waals surface area contributed by atoms with Crippen molar-refractivity contribution in [2.45, 2.75) is 38.3 Å². The molecule has 2 aromatic heterocycles. The van der Waals surface area contributed by atoms with E-state index in [-0.39, 0.29) is 18.2 Å². The maximum absolute atomic E-state index is 12.4. The normalized spacial score (nSPS) is 15.9. The van der Waals surface area contributed by atoms with Crippen LogP contribution >= 0.6 is 0 Å². The van der Waals surface area contributed by atoms with Gasteiger partial charge in [0.25, 0.3) is 5.56 Å². The highest BCUT2D eigenvalue weighted by Crippen LogP contribution is 2.37. The predicted octanol–water partition coefficient (Wildman–Crippen LogP) is 2.74. The summed E-state index contributed by atoms with van der Waals surface area (Å²) >= 11 is -2.33. The highest BCUT2D eigenvalue weighted by molar-refractivity contribution is 7.77. The SMILES string of the molecule is Cn1cc(-c2cc(CNS(=O)[O-])ccc2OC2CCCC2)c2cc[nH]c2c1=O. The molecule has 0 amide bonds. The molecule has 1 saturated carbocycles. The molecule has 1 atom stereocenters. The van der Waals surface area contributed by atoms with Crippen molar-refractivity contribution in [1.29, 1.82) is 0 Å². The average Bonchev–Trinajstić information content (AvgIpc) is 3.36. The lowest BCUT2D eigenvalue weighted by atomic mass is 10.00. The largest absolute Gasteiger partial charge is 0.760 e. The van der Waals surface area contributed by atoms with Gasteiger partial charge in [-0.25, -0.2) is 4.72 Å². The van der Waals surface area contributed by atoms with Gasteiger partial charge in [-0.1, -0.05) is 6.07 Å². The predicted molar refractivity (Wildman–Crippen MR) is 108 cm³/mol. The summed E-state index contributed by atoms with van der Waals surface area (Å²) in [5, 5.41) is 0.817. The number of fused-ring (bicyclic) bond motifs is 1. The Balaban J connectivity index is 1.83. The van der Waals surface area contributed by atoms with E-state index in [1.807, 2.05) is 24.3 Å². The van der Waals surface area contributed by atoms with Crippen LogP contribution in [-0.2, 0) is 24.9 Å². The van der Waals surface area contributed by atoms with Gasteiger partial charge in [0, 0.05) is 53.8 Å². The fraction of sp³-hybridized carbons (Fsp3) is 0.350. The number of aryl methyl sites for hydroxylation is 1. The monoisotopic (exact) mass is 400 g/mol. The molecule has 8 heteroatoms. The van der Waals surface area contributed by atoms with Gasteiger partial charge in [-0.3, -0.25) is 9.00 Å². The number of benzene rings is 1. The third kappa shape index (κ3) is 3.76. The van der Waals surface area contributed by atoms with Crippen molar-refractivity contribution < 1.29 is 13.5 Å². The molecule has 0 bridgehead atoms. The van der Waals surface area contributed by atoms with Crippen molar-refractivity contribution in [3.8, 4) is 16.9 Å². The van der Waals surface area contributed by atoms with E-state index >= 15 is 0 Å². The highest BCUT2D eigenvalue weighted by Gasteiger charge is 2.20. The van der Waals surface area contributed by atoms with Crippen LogP contribution in [0, 0.1) is 0 Å². The van der Waals surface area contributed by atoms with Crippen LogP contribution in [0.2, 0.25) is 0 Å². The Bertz CT molecular complexity index is 1080. The van der Waals surface area contributed by atoms with E-state index in [1.165, 1.54) is 12.8 Å². The molecule has 0 spiro atoms. The molecule has 1 aliphatic carbocycles. The summed E-state index contributed by atoms with van der Waals surface area (Å²) < 4.78 is 32.0. The molecular formula is C20H22N3O4S-. The molecule has 1 unspecified atom stereocenters. The van der Waals surface area contributed by atoms with Crippen LogP contribution in [0.25, 0.3) is 22.0 Å². The summed E-state index contributed by atoms with van der Waals surface area (Å²) in [5.41, 5.74) is 2.98. The molecule has 28 heavy (non-hydrogen) atoms. The van der Waals surface area contributed by atoms with Crippen LogP contribution in [-0.4, -0.2) is 24.4 Å². The van der Waals surface area contributed by atoms with Gasteiger partial charge in [0.15, 0.2) is 0 Å². The fourth-order valence-electron chi connectivity index (χ4n) is 3.81. The molecule has 0 aliphatic heterocycles. The Morgan fingerprint density at radius 2 is 2.07 bits per heavy atom. The number of ether oxygens (including phenoxy) is 1. The second kappa shape index (κ2) is 7.90. The Morgan fingerprint density at radius 3 is 2.82 bits per heavy atom. The lowest BCUT2D eigenvalue weighted by Gasteiger charge is -2.19. The van der Waals surface area contributed by atoms with Crippen LogP contribution in [0.5, 0.6) is 5.75 Å². The lowest BCUT2D eigenvalue weighted by molar-refractivity contribution is 0.211. The minimum absolute atomic E-state index is 0.0958. The molecule has 4 rings (SSSR count). The standard InChI is InChI=1S/C20H23N3O4S/c1-23-12-17(15-8-9-21-19(15)20(23)24)16-10-13(11-22-28(25)26)6-7-18(16)27-14-4-2-3-5-14/h6-10,12,14,21-22H,2-5,11H2,1H3,(H,25,26)/p-1. The molecule has 3 aromatic rings. The van der Waals surface area contributed by atoms with Gasteiger partial charge in [-0.2, -0.15) is 0 Å². The Morgan fingerprint density at radius 1 is 1.29 bits per heavy atom. The van der Waals surface area contributed by atoms with Gasteiger partial charge in [0.1, 0.15) is 11.3 Å². The maximum Gasteiger partial charge on any atom is 0.274 e. The van der Waals surface area contributed by atoms with E-state index in [2.05, 4.69) is 9.71 Å². The number of pyridine rings is 1. The zero-order chi connectivity index (χ0) is 19.7. The number of hydrogen-bond acceptors (Lipinski definition) is 4. The molecule has 0 saturated heterocycles. The molecule has 0 radical (unpaired) electrons. The van der Waals surface area contributed by atoms with Crippen LogP contribution in [0.4, 0.5) is 0 Å². The Hall–Kier alpha value is -2.42. The summed E-state index contributed by atoms with van der Waals surface area (Å²) in [4.78, 5) is 15.4. The first kappa shape index (κ1) is 18.9. The van der Waals surface area contributed by atoms with Crippen molar-refractivity contribution in [1.82, 2.24) is 14.3 Å². The smallest absolute Gasteiger partial charge is 0.274 e. The minimum atomic E-state index is -2.33. The quantitative estimate of drug-likeness (QED) is 0.622. The Kier molecular flexibility index (Phi) is 5.34. The van der Waals surface area contributed by atoms with Gasteiger partial charge in [0.2, 0.25) is 0 Å². The first-order chi connectivity index (χ1) is 13.5. The molecule has 1 fully saturated rings. The summed E-state index contributed by atoms with van der Waals surface area (Å²) in [6.45, 7) is 0.189. The molecule has 2 N–H and O–H groups in total. The number of aromatic amines is 1. The van der Waals surface area contributed by atoms with Crippen LogP contribution in [0.3, 0.4) is 0 Å². The third-order valence-corrected chi connectivity index (χ3v) is 5.60. The number of nitrogens with zero attached hydrogens (tertiary/aromatic N) is 1. The van der Waals surface area contributed by atoms with Crippen molar-refractivity contribution in [3.05, 3.63) is 52.6 Å². The molecule has 7 nitrogen and oxygen atoms in total. The van der Waals surface area contributed by atoms with E-state index in [4.69, 9.17) is 4.74 Å². The van der Waals surface area contributed by atoms with E-state index in [1.54, 1.807) is 24.0 Å². The van der Waals surface area contributed by atoms with Crippen LogP contribution in [0.15, 0.2) is 41.5 Å². The lowest BCUT2D eigenvalue weighted by Crippen LogP contribution is -2.17. The van der Waals surface area contributed by atoms with Crippen molar-refractivity contribution in [3.63, 3.8) is 0 Å². The third-order valence-electron chi connectivity index (χ3n) is 5.22. The summed E-state index contributed by atoms with van der Waals surface area (Å²) in [7, 11) is 1.72. The molecule has 2 heterocycles. The number of aromatic nitrogens is 2. The average molecular weight is 400 g/mol. The van der Waals surface area contributed by atoms with Crippen LogP contribution < -0.4 is 15.0 Å². The highest BCUT2D eigenvalue weighted by atomic mass is 32.2. The number of H-pyrrole nitrogens is 1. The molecule has 1 aromatic carbocycles. The van der Waals surface area contributed by atoms with Gasteiger partial charge in [-0.15, -0.1) is 0 Å². The summed E-state index contributed by atoms with van der Waals surface area (Å²) in [6, 6.07) is 7.56. The van der Waals surface area contributed by atoms with Gasteiger partial charge < -0.3 is 18.8 Å². The number of nitrogens with one attached hydrogen (secondary N) is 2. The zero-order valence-electron chi connectivity index (χ0n) is 15.6. The second-order valence-corrected chi connectivity index (χ2v) is 7.89. The minimum Gasteiger partial charge on any atom is -0.760 e.